The summed E-state index contributed by atoms with van der Waals surface area (Å²) in [7, 11) is -2.95. The van der Waals surface area contributed by atoms with Crippen molar-refractivity contribution in [1.29, 1.82) is 0 Å². The van der Waals surface area contributed by atoms with E-state index in [2.05, 4.69) is 5.32 Å². The van der Waals surface area contributed by atoms with Crippen molar-refractivity contribution >= 4 is 38.9 Å². The molecule has 0 saturated heterocycles. The quantitative estimate of drug-likeness (QED) is 0.760. The number of alkyl halides is 3. The normalized spacial score (nSPS) is 18.9. The lowest BCUT2D eigenvalue weighted by atomic mass is 9.99. The number of rotatable bonds is 2. The van der Waals surface area contributed by atoms with Crippen LogP contribution in [0.5, 0.6) is 0 Å². The number of fused-ring (bicyclic) bond motifs is 1. The van der Waals surface area contributed by atoms with E-state index in [9.17, 15) is 31.2 Å². The Balaban J connectivity index is 1.93. The molecule has 0 radical (unpaired) electrons. The lowest BCUT2D eigenvalue weighted by molar-refractivity contribution is -0.137. The van der Waals surface area contributed by atoms with Gasteiger partial charge in [-0.25, -0.2) is 12.7 Å². The van der Waals surface area contributed by atoms with Crippen LogP contribution in [0.4, 0.5) is 18.9 Å². The van der Waals surface area contributed by atoms with Crippen molar-refractivity contribution in [3.63, 3.8) is 0 Å². The number of sulfonamides is 1. The second-order valence-corrected chi connectivity index (χ2v) is 9.33. The molecule has 0 bridgehead atoms. The third kappa shape index (κ3) is 3.32. The second kappa shape index (κ2) is 6.34. The van der Waals surface area contributed by atoms with Gasteiger partial charge in [0, 0.05) is 23.2 Å². The minimum atomic E-state index is -4.51. The average molecular weight is 418 g/mol. The van der Waals surface area contributed by atoms with Crippen molar-refractivity contribution in [2.75, 3.05) is 12.4 Å². The van der Waals surface area contributed by atoms with Gasteiger partial charge in [0.05, 0.1) is 5.56 Å². The molecule has 27 heavy (non-hydrogen) atoms. The fraction of sp³-hybridized carbons (Fsp3) is 0.250. The Labute approximate surface area is 156 Å². The smallest absolute Gasteiger partial charge is 0.325 e. The molecule has 2 amide bonds. The molecular weight excluding hydrogens is 405 g/mol. The van der Waals surface area contributed by atoms with Crippen LogP contribution in [-0.4, -0.2) is 31.6 Å². The molecule has 6 nitrogen and oxygen atoms in total. The summed E-state index contributed by atoms with van der Waals surface area (Å²) in [5.41, 5.74) is -0.744. The summed E-state index contributed by atoms with van der Waals surface area (Å²) in [5, 5.41) is 2.37. The van der Waals surface area contributed by atoms with Gasteiger partial charge in [-0.05, 0) is 37.3 Å². The van der Waals surface area contributed by atoms with Crippen LogP contribution >= 0.6 is 11.3 Å². The fourth-order valence-electron chi connectivity index (χ4n) is 2.68. The Bertz CT molecular complexity index is 1030. The van der Waals surface area contributed by atoms with E-state index < -0.39 is 39.5 Å². The van der Waals surface area contributed by atoms with Crippen molar-refractivity contribution in [3.8, 4) is 0 Å². The van der Waals surface area contributed by atoms with Crippen molar-refractivity contribution in [2.24, 2.45) is 0 Å². The standard InChI is InChI=1S/C16H13F3N2O4S2/c1-8-7-11-12(14(23)21(2)27(24,25)15(11)26-8)13(22)20-10-5-3-9(4-6-10)16(17,18)19/h3-7,12H,1-2H3,(H,20,22). The Kier molecular flexibility index (Phi) is 4.55. The molecule has 1 atom stereocenters. The number of likely N-dealkylation sites (N-methyl/N-ethyl adjacent to an activating group) is 1. The molecule has 0 spiro atoms. The number of anilines is 1. The highest BCUT2D eigenvalue weighted by atomic mass is 32.2. The molecule has 3 rings (SSSR count). The van der Waals surface area contributed by atoms with Gasteiger partial charge in [-0.1, -0.05) is 0 Å². The van der Waals surface area contributed by atoms with Crippen LogP contribution in [0.3, 0.4) is 0 Å². The van der Waals surface area contributed by atoms with Gasteiger partial charge >= 0.3 is 6.18 Å². The largest absolute Gasteiger partial charge is 0.416 e. The highest BCUT2D eigenvalue weighted by Crippen LogP contribution is 2.40. The highest BCUT2D eigenvalue weighted by molar-refractivity contribution is 7.92. The Morgan fingerprint density at radius 2 is 1.81 bits per heavy atom. The molecule has 1 aliphatic rings. The first-order valence-corrected chi connectivity index (χ1v) is 9.80. The molecular formula is C16H13F3N2O4S2. The number of carbonyl (C=O) groups excluding carboxylic acids is 2. The number of halogens is 3. The maximum absolute atomic E-state index is 12.6. The van der Waals surface area contributed by atoms with Crippen LogP contribution in [0, 0.1) is 6.92 Å². The molecule has 1 aromatic carbocycles. The van der Waals surface area contributed by atoms with E-state index in [-0.39, 0.29) is 15.5 Å². The van der Waals surface area contributed by atoms with E-state index in [0.717, 1.165) is 42.6 Å². The monoisotopic (exact) mass is 418 g/mol. The number of hydrogen-bond acceptors (Lipinski definition) is 5. The number of nitrogens with one attached hydrogen (secondary N) is 1. The van der Waals surface area contributed by atoms with Crippen LogP contribution < -0.4 is 5.32 Å². The van der Waals surface area contributed by atoms with Crippen LogP contribution in [0.2, 0.25) is 0 Å². The first kappa shape index (κ1) is 19.4. The Morgan fingerprint density at radius 3 is 2.37 bits per heavy atom. The maximum atomic E-state index is 12.6. The van der Waals surface area contributed by atoms with E-state index in [1.165, 1.54) is 6.07 Å². The third-order valence-electron chi connectivity index (χ3n) is 4.05. The van der Waals surface area contributed by atoms with E-state index in [4.69, 9.17) is 0 Å². The zero-order valence-electron chi connectivity index (χ0n) is 14.0. The number of nitrogens with zero attached hydrogens (tertiary/aromatic N) is 1. The van der Waals surface area contributed by atoms with E-state index in [1.807, 2.05) is 0 Å². The van der Waals surface area contributed by atoms with Gasteiger partial charge in [0.1, 0.15) is 10.1 Å². The first-order valence-electron chi connectivity index (χ1n) is 7.54. The van der Waals surface area contributed by atoms with Gasteiger partial charge in [0.15, 0.2) is 0 Å². The number of aryl methyl sites for hydroxylation is 1. The summed E-state index contributed by atoms with van der Waals surface area (Å²) in [6.07, 6.45) is -4.51. The zero-order valence-corrected chi connectivity index (χ0v) is 15.6. The summed E-state index contributed by atoms with van der Waals surface area (Å²) < 4.78 is 63.0. The van der Waals surface area contributed by atoms with Crippen molar-refractivity contribution in [3.05, 3.63) is 46.3 Å². The van der Waals surface area contributed by atoms with Crippen LogP contribution in [0.25, 0.3) is 0 Å². The van der Waals surface area contributed by atoms with E-state index >= 15 is 0 Å². The van der Waals surface area contributed by atoms with Crippen LogP contribution in [0.15, 0.2) is 34.5 Å². The highest BCUT2D eigenvalue weighted by Gasteiger charge is 2.46. The lowest BCUT2D eigenvalue weighted by Crippen LogP contribution is -2.45. The fourth-order valence-corrected chi connectivity index (χ4v) is 5.67. The predicted octanol–water partition coefficient (Wildman–Crippen LogP) is 2.96. The molecule has 2 heterocycles. The van der Waals surface area contributed by atoms with Crippen LogP contribution in [-0.2, 0) is 25.8 Å². The topological polar surface area (TPSA) is 83.6 Å². The molecule has 0 aliphatic carbocycles. The summed E-state index contributed by atoms with van der Waals surface area (Å²) in [6, 6.07) is 5.19. The van der Waals surface area contributed by atoms with Crippen molar-refractivity contribution in [1.82, 2.24) is 4.31 Å². The van der Waals surface area contributed by atoms with Crippen LogP contribution in [0.1, 0.15) is 21.9 Å². The molecule has 1 aliphatic heterocycles. The number of carbonyl (C=O) groups is 2. The summed E-state index contributed by atoms with van der Waals surface area (Å²) >= 11 is 0.948. The number of amides is 2. The first-order chi connectivity index (χ1) is 12.4. The van der Waals surface area contributed by atoms with Gasteiger partial charge in [-0.3, -0.25) is 9.59 Å². The van der Waals surface area contributed by atoms with Crippen molar-refractivity contribution < 1.29 is 31.2 Å². The van der Waals surface area contributed by atoms with E-state index in [0.29, 0.717) is 9.18 Å². The number of hydrogen-bond donors (Lipinski definition) is 1. The molecule has 1 aromatic heterocycles. The maximum Gasteiger partial charge on any atom is 0.416 e. The van der Waals surface area contributed by atoms with Gasteiger partial charge in [0.2, 0.25) is 5.91 Å². The van der Waals surface area contributed by atoms with Gasteiger partial charge in [0.25, 0.3) is 15.9 Å². The van der Waals surface area contributed by atoms with Crippen molar-refractivity contribution in [2.45, 2.75) is 23.2 Å². The minimum Gasteiger partial charge on any atom is -0.325 e. The molecule has 2 aromatic rings. The summed E-state index contributed by atoms with van der Waals surface area (Å²) in [4.78, 5) is 25.7. The Morgan fingerprint density at radius 1 is 1.22 bits per heavy atom. The predicted molar refractivity (Wildman–Crippen MR) is 91.8 cm³/mol. The lowest BCUT2D eigenvalue weighted by Gasteiger charge is -2.28. The second-order valence-electron chi connectivity index (χ2n) is 5.91. The zero-order chi connectivity index (χ0) is 20.1. The molecule has 1 unspecified atom stereocenters. The minimum absolute atomic E-state index is 0.0605. The summed E-state index contributed by atoms with van der Waals surface area (Å²) in [6.45, 7) is 1.65. The van der Waals surface area contributed by atoms with Gasteiger partial charge in [-0.15, -0.1) is 11.3 Å². The average Bonchev–Trinajstić information content (AvgIpc) is 2.95. The Hall–Kier alpha value is -2.40. The third-order valence-corrected chi connectivity index (χ3v) is 7.40. The summed E-state index contributed by atoms with van der Waals surface area (Å²) in [5.74, 6) is -3.15. The SMILES string of the molecule is Cc1cc2c(s1)S(=O)(=O)N(C)C(=O)C2C(=O)Nc1ccc(C(F)(F)F)cc1. The molecule has 1 N–H and O–H groups in total. The van der Waals surface area contributed by atoms with Gasteiger partial charge in [-0.2, -0.15) is 13.2 Å². The number of benzene rings is 1. The molecule has 0 saturated carbocycles. The molecule has 144 valence electrons. The molecule has 0 fully saturated rings. The number of thiophene rings is 1. The van der Waals surface area contributed by atoms with E-state index in [1.54, 1.807) is 6.92 Å². The van der Waals surface area contributed by atoms with Gasteiger partial charge < -0.3 is 5.32 Å². The molecule has 11 heteroatoms.